The zero-order chi connectivity index (χ0) is 20.3. The molecular weight excluding hydrogens is 354 g/mol. The fourth-order valence-corrected chi connectivity index (χ4v) is 3.52. The van der Waals surface area contributed by atoms with E-state index in [0.717, 1.165) is 23.2 Å². The monoisotopic (exact) mass is 379 g/mol. The molecule has 2 N–H and O–H groups in total. The number of nitrogens with zero attached hydrogens (tertiary/aromatic N) is 1. The minimum absolute atomic E-state index is 0.0373. The molecule has 1 unspecified atom stereocenters. The average molecular weight is 379 g/mol. The molecule has 0 radical (unpaired) electrons. The summed E-state index contributed by atoms with van der Waals surface area (Å²) in [5.74, 6) is -0.808. The third-order valence-corrected chi connectivity index (χ3v) is 5.06. The van der Waals surface area contributed by atoms with Crippen molar-refractivity contribution in [3.05, 3.63) is 53.6 Å². The number of hydrogen-bond acceptors (Lipinski definition) is 3. The van der Waals surface area contributed by atoms with Crippen molar-refractivity contribution in [2.45, 2.75) is 33.6 Å². The lowest BCUT2D eigenvalue weighted by Crippen LogP contribution is -2.29. The van der Waals surface area contributed by atoms with Crippen LogP contribution < -0.4 is 15.5 Å². The van der Waals surface area contributed by atoms with Crippen LogP contribution in [-0.4, -0.2) is 24.3 Å². The molecule has 2 aromatic carbocycles. The van der Waals surface area contributed by atoms with Gasteiger partial charge in [-0.25, -0.2) is 0 Å². The van der Waals surface area contributed by atoms with Gasteiger partial charge >= 0.3 is 0 Å². The minimum atomic E-state index is -0.416. The zero-order valence-electron chi connectivity index (χ0n) is 16.4. The molecule has 0 aliphatic carbocycles. The molecule has 1 aliphatic rings. The van der Waals surface area contributed by atoms with Gasteiger partial charge in [0, 0.05) is 37.0 Å². The lowest BCUT2D eigenvalue weighted by atomic mass is 10.1. The first-order valence-electron chi connectivity index (χ1n) is 9.47. The molecule has 6 heteroatoms. The molecule has 0 saturated carbocycles. The predicted molar refractivity (Wildman–Crippen MR) is 110 cm³/mol. The highest BCUT2D eigenvalue weighted by Crippen LogP contribution is 2.30. The normalized spacial score (nSPS) is 16.2. The largest absolute Gasteiger partial charge is 0.326 e. The molecule has 0 aromatic heterocycles. The first-order valence-corrected chi connectivity index (χ1v) is 9.47. The Morgan fingerprint density at radius 2 is 1.75 bits per heavy atom. The van der Waals surface area contributed by atoms with Crippen molar-refractivity contribution in [1.82, 2.24) is 0 Å². The topological polar surface area (TPSA) is 78.5 Å². The van der Waals surface area contributed by atoms with Crippen molar-refractivity contribution in [3.63, 3.8) is 0 Å². The standard InChI is InChI=1S/C22H25N3O3/c1-4-16-8-5-6-11-20(16)25-13-17(12-21(25)27)22(28)24-19-10-7-9-18(14(19)2)23-15(3)26/h5-11,17H,4,12-13H2,1-3H3,(H,23,26)(H,24,28). The molecule has 3 amide bonds. The quantitative estimate of drug-likeness (QED) is 0.834. The van der Waals surface area contributed by atoms with E-state index >= 15 is 0 Å². The van der Waals surface area contributed by atoms with Crippen molar-refractivity contribution in [2.24, 2.45) is 5.92 Å². The number of hydrogen-bond donors (Lipinski definition) is 2. The number of benzene rings is 2. The van der Waals surface area contributed by atoms with E-state index in [1.165, 1.54) is 6.92 Å². The Morgan fingerprint density at radius 3 is 2.43 bits per heavy atom. The highest BCUT2D eigenvalue weighted by atomic mass is 16.2. The number of rotatable bonds is 5. The van der Waals surface area contributed by atoms with Gasteiger partial charge in [0.1, 0.15) is 0 Å². The molecular formula is C22H25N3O3. The van der Waals surface area contributed by atoms with Crippen molar-refractivity contribution < 1.29 is 14.4 Å². The van der Waals surface area contributed by atoms with Gasteiger partial charge in [-0.2, -0.15) is 0 Å². The predicted octanol–water partition coefficient (Wildman–Crippen LogP) is 3.51. The van der Waals surface area contributed by atoms with Gasteiger partial charge in [-0.05, 0) is 42.7 Å². The van der Waals surface area contributed by atoms with E-state index in [2.05, 4.69) is 17.6 Å². The molecule has 6 nitrogen and oxygen atoms in total. The summed E-state index contributed by atoms with van der Waals surface area (Å²) in [5.41, 5.74) is 4.05. The highest BCUT2D eigenvalue weighted by molar-refractivity contribution is 6.04. The number of anilines is 3. The van der Waals surface area contributed by atoms with Gasteiger partial charge in [0.15, 0.2) is 0 Å². The Bertz CT molecular complexity index is 923. The average Bonchev–Trinajstić information content (AvgIpc) is 3.06. The van der Waals surface area contributed by atoms with Crippen LogP contribution in [0.2, 0.25) is 0 Å². The van der Waals surface area contributed by atoms with Crippen molar-refractivity contribution in [2.75, 3.05) is 22.1 Å². The molecule has 1 heterocycles. The Hall–Kier alpha value is -3.15. The van der Waals surface area contributed by atoms with Crippen LogP contribution in [0.3, 0.4) is 0 Å². The van der Waals surface area contributed by atoms with Crippen molar-refractivity contribution >= 4 is 34.8 Å². The van der Waals surface area contributed by atoms with Crippen LogP contribution in [0.1, 0.15) is 31.4 Å². The second-order valence-corrected chi connectivity index (χ2v) is 7.04. The number of carbonyl (C=O) groups excluding carboxylic acids is 3. The van der Waals surface area contributed by atoms with E-state index in [1.807, 2.05) is 31.2 Å². The lowest BCUT2D eigenvalue weighted by molar-refractivity contribution is -0.122. The summed E-state index contributed by atoms with van der Waals surface area (Å²) in [6.45, 7) is 5.70. The SMILES string of the molecule is CCc1ccccc1N1CC(C(=O)Nc2cccc(NC(C)=O)c2C)CC1=O. The summed E-state index contributed by atoms with van der Waals surface area (Å²) < 4.78 is 0. The van der Waals surface area contributed by atoms with Crippen LogP contribution in [-0.2, 0) is 20.8 Å². The second kappa shape index (κ2) is 8.25. The Balaban J connectivity index is 1.74. The Labute approximate surface area is 164 Å². The van der Waals surface area contributed by atoms with Crippen LogP contribution in [0.5, 0.6) is 0 Å². The van der Waals surface area contributed by atoms with E-state index in [9.17, 15) is 14.4 Å². The van der Waals surface area contributed by atoms with Gasteiger partial charge in [-0.15, -0.1) is 0 Å². The molecule has 28 heavy (non-hydrogen) atoms. The molecule has 0 spiro atoms. The maximum Gasteiger partial charge on any atom is 0.229 e. The van der Waals surface area contributed by atoms with Crippen LogP contribution in [0.4, 0.5) is 17.1 Å². The van der Waals surface area contributed by atoms with Gasteiger partial charge in [0.25, 0.3) is 0 Å². The fraction of sp³-hybridized carbons (Fsp3) is 0.318. The van der Waals surface area contributed by atoms with Crippen molar-refractivity contribution in [3.8, 4) is 0 Å². The summed E-state index contributed by atoms with van der Waals surface area (Å²) in [6.07, 6.45) is 1.01. The Morgan fingerprint density at radius 1 is 1.07 bits per heavy atom. The first kappa shape index (κ1) is 19.6. The smallest absolute Gasteiger partial charge is 0.229 e. The van der Waals surface area contributed by atoms with Gasteiger partial charge in [0.2, 0.25) is 17.7 Å². The number of carbonyl (C=O) groups is 3. The molecule has 1 atom stereocenters. The Kier molecular flexibility index (Phi) is 5.78. The van der Waals surface area contributed by atoms with E-state index in [0.29, 0.717) is 17.9 Å². The van der Waals surface area contributed by atoms with Crippen LogP contribution in [0.25, 0.3) is 0 Å². The molecule has 3 rings (SSSR count). The molecule has 1 aliphatic heterocycles. The van der Waals surface area contributed by atoms with Crippen LogP contribution in [0, 0.1) is 12.8 Å². The zero-order valence-corrected chi connectivity index (χ0v) is 16.4. The number of aryl methyl sites for hydroxylation is 1. The third-order valence-electron chi connectivity index (χ3n) is 5.06. The molecule has 146 valence electrons. The maximum absolute atomic E-state index is 12.8. The van der Waals surface area contributed by atoms with E-state index < -0.39 is 5.92 Å². The summed E-state index contributed by atoms with van der Waals surface area (Å²) in [5, 5.41) is 5.67. The highest BCUT2D eigenvalue weighted by Gasteiger charge is 2.36. The fourth-order valence-electron chi connectivity index (χ4n) is 3.52. The van der Waals surface area contributed by atoms with E-state index in [1.54, 1.807) is 23.1 Å². The summed E-state index contributed by atoms with van der Waals surface area (Å²) >= 11 is 0. The van der Waals surface area contributed by atoms with Gasteiger partial charge in [-0.1, -0.05) is 31.2 Å². The summed E-state index contributed by atoms with van der Waals surface area (Å²) in [4.78, 5) is 38.4. The molecule has 1 fully saturated rings. The third kappa shape index (κ3) is 4.06. The van der Waals surface area contributed by atoms with Crippen LogP contribution in [0.15, 0.2) is 42.5 Å². The van der Waals surface area contributed by atoms with Gasteiger partial charge in [-0.3, -0.25) is 14.4 Å². The van der Waals surface area contributed by atoms with E-state index in [4.69, 9.17) is 0 Å². The maximum atomic E-state index is 12.8. The lowest BCUT2D eigenvalue weighted by Gasteiger charge is -2.20. The summed E-state index contributed by atoms with van der Waals surface area (Å²) in [7, 11) is 0. The first-order chi connectivity index (χ1) is 13.4. The van der Waals surface area contributed by atoms with Gasteiger partial charge < -0.3 is 15.5 Å². The molecule has 1 saturated heterocycles. The number of nitrogens with one attached hydrogen (secondary N) is 2. The van der Waals surface area contributed by atoms with Crippen molar-refractivity contribution in [1.29, 1.82) is 0 Å². The summed E-state index contributed by atoms with van der Waals surface area (Å²) in [6, 6.07) is 13.2. The second-order valence-electron chi connectivity index (χ2n) is 7.04. The van der Waals surface area contributed by atoms with Crippen LogP contribution >= 0.6 is 0 Å². The number of amides is 3. The minimum Gasteiger partial charge on any atom is -0.326 e. The molecule has 0 bridgehead atoms. The molecule has 2 aromatic rings. The number of para-hydroxylation sites is 1. The van der Waals surface area contributed by atoms with Gasteiger partial charge in [0.05, 0.1) is 5.92 Å². The van der Waals surface area contributed by atoms with E-state index in [-0.39, 0.29) is 24.1 Å².